The summed E-state index contributed by atoms with van der Waals surface area (Å²) in [4.78, 5) is 0. The lowest BCUT2D eigenvalue weighted by Crippen LogP contribution is -2.39. The molecule has 0 saturated carbocycles. The maximum Gasteiger partial charge on any atom is 0.112 e. The maximum atomic E-state index is 9.44. The molecular formula is C9H18O4. The topological polar surface area (TPSA) is 58.9 Å². The van der Waals surface area contributed by atoms with Crippen LogP contribution in [-0.2, 0) is 9.47 Å². The number of aliphatic hydroxyl groups excluding tert-OH is 2. The van der Waals surface area contributed by atoms with Gasteiger partial charge in [-0.05, 0) is 6.92 Å². The standard InChI is InChI=1S/C9H18O4/c1-5-6(2)13-9(7(11)4-10)8(5)12-3/h5-11H,4H2,1-3H3/t5-,6-,7-,8?,9+/m1/s1. The van der Waals surface area contributed by atoms with Gasteiger partial charge in [0, 0.05) is 13.0 Å². The van der Waals surface area contributed by atoms with Gasteiger partial charge in [-0.3, -0.25) is 0 Å². The summed E-state index contributed by atoms with van der Waals surface area (Å²) in [5.41, 5.74) is 0. The molecule has 5 atom stereocenters. The lowest BCUT2D eigenvalue weighted by molar-refractivity contribution is -0.0866. The van der Waals surface area contributed by atoms with E-state index in [-0.39, 0.29) is 24.7 Å². The number of hydrogen-bond donors (Lipinski definition) is 2. The van der Waals surface area contributed by atoms with Crippen LogP contribution in [0.3, 0.4) is 0 Å². The Balaban J connectivity index is 2.64. The van der Waals surface area contributed by atoms with Gasteiger partial charge < -0.3 is 19.7 Å². The van der Waals surface area contributed by atoms with Gasteiger partial charge in [0.25, 0.3) is 0 Å². The van der Waals surface area contributed by atoms with E-state index in [2.05, 4.69) is 0 Å². The zero-order valence-electron chi connectivity index (χ0n) is 8.30. The molecule has 1 unspecified atom stereocenters. The van der Waals surface area contributed by atoms with Crippen molar-refractivity contribution in [3.8, 4) is 0 Å². The van der Waals surface area contributed by atoms with Crippen LogP contribution in [0.2, 0.25) is 0 Å². The third kappa shape index (κ3) is 2.02. The lowest BCUT2D eigenvalue weighted by atomic mass is 9.97. The fourth-order valence-corrected chi connectivity index (χ4v) is 1.78. The Hall–Kier alpha value is -0.160. The van der Waals surface area contributed by atoms with E-state index in [1.54, 1.807) is 7.11 Å². The molecule has 0 aromatic carbocycles. The molecule has 0 aromatic heterocycles. The van der Waals surface area contributed by atoms with Gasteiger partial charge in [-0.1, -0.05) is 6.92 Å². The van der Waals surface area contributed by atoms with E-state index in [4.69, 9.17) is 14.6 Å². The summed E-state index contributed by atoms with van der Waals surface area (Å²) in [7, 11) is 1.60. The number of ether oxygens (including phenoxy) is 2. The van der Waals surface area contributed by atoms with Crippen LogP contribution in [0.4, 0.5) is 0 Å². The van der Waals surface area contributed by atoms with Gasteiger partial charge >= 0.3 is 0 Å². The molecule has 2 N–H and O–H groups in total. The first-order valence-electron chi connectivity index (χ1n) is 4.59. The largest absolute Gasteiger partial charge is 0.394 e. The number of methoxy groups -OCH3 is 1. The molecule has 78 valence electrons. The van der Waals surface area contributed by atoms with Gasteiger partial charge in [0.1, 0.15) is 12.2 Å². The summed E-state index contributed by atoms with van der Waals surface area (Å²) < 4.78 is 10.7. The van der Waals surface area contributed by atoms with E-state index in [0.29, 0.717) is 0 Å². The van der Waals surface area contributed by atoms with Crippen LogP contribution in [0.25, 0.3) is 0 Å². The van der Waals surface area contributed by atoms with Crippen LogP contribution in [0.5, 0.6) is 0 Å². The summed E-state index contributed by atoms with van der Waals surface area (Å²) in [6.07, 6.45) is -1.31. The SMILES string of the molecule is COC1[C@H]([C@H](O)CO)O[C@H](C)[C@H]1C. The molecule has 4 heteroatoms. The Labute approximate surface area is 78.5 Å². The molecule has 1 aliphatic heterocycles. The van der Waals surface area contributed by atoms with Crippen LogP contribution in [0, 0.1) is 5.92 Å². The third-order valence-electron chi connectivity index (χ3n) is 2.79. The molecule has 0 radical (unpaired) electrons. The van der Waals surface area contributed by atoms with Gasteiger partial charge in [0.15, 0.2) is 0 Å². The second kappa shape index (κ2) is 4.37. The summed E-state index contributed by atoms with van der Waals surface area (Å²) in [5, 5.41) is 18.2. The van der Waals surface area contributed by atoms with E-state index in [9.17, 15) is 5.11 Å². The maximum absolute atomic E-state index is 9.44. The van der Waals surface area contributed by atoms with E-state index in [0.717, 1.165) is 0 Å². The van der Waals surface area contributed by atoms with E-state index >= 15 is 0 Å². The second-order valence-electron chi connectivity index (χ2n) is 3.62. The zero-order valence-corrected chi connectivity index (χ0v) is 8.30. The molecular weight excluding hydrogens is 172 g/mol. The van der Waals surface area contributed by atoms with Crippen molar-refractivity contribution in [3.63, 3.8) is 0 Å². The average molecular weight is 190 g/mol. The second-order valence-corrected chi connectivity index (χ2v) is 3.62. The molecule has 0 spiro atoms. The minimum atomic E-state index is -0.850. The Morgan fingerprint density at radius 2 is 2.08 bits per heavy atom. The molecule has 1 aliphatic rings. The van der Waals surface area contributed by atoms with Crippen LogP contribution in [-0.4, -0.2) is 48.3 Å². The fraction of sp³-hybridized carbons (Fsp3) is 1.00. The summed E-state index contributed by atoms with van der Waals surface area (Å²) in [5.74, 6) is 0.246. The number of hydrogen-bond acceptors (Lipinski definition) is 4. The summed E-state index contributed by atoms with van der Waals surface area (Å²) >= 11 is 0. The highest BCUT2D eigenvalue weighted by molar-refractivity contribution is 4.90. The summed E-state index contributed by atoms with van der Waals surface area (Å²) in [6, 6.07) is 0. The highest BCUT2D eigenvalue weighted by atomic mass is 16.6. The molecule has 0 aliphatic carbocycles. The molecule has 1 saturated heterocycles. The highest BCUT2D eigenvalue weighted by Gasteiger charge is 2.43. The third-order valence-corrected chi connectivity index (χ3v) is 2.79. The number of rotatable bonds is 3. The average Bonchev–Trinajstić information content (AvgIpc) is 2.42. The Kier molecular flexibility index (Phi) is 3.67. The Morgan fingerprint density at radius 1 is 1.46 bits per heavy atom. The molecule has 4 nitrogen and oxygen atoms in total. The van der Waals surface area contributed by atoms with Crippen molar-refractivity contribution in [2.45, 2.75) is 38.3 Å². The van der Waals surface area contributed by atoms with Gasteiger partial charge in [-0.25, -0.2) is 0 Å². The Bertz CT molecular complexity index is 162. The molecule has 0 amide bonds. The van der Waals surface area contributed by atoms with Gasteiger partial charge in [0.05, 0.1) is 18.8 Å². The van der Waals surface area contributed by atoms with Crippen molar-refractivity contribution in [1.29, 1.82) is 0 Å². The molecule has 1 rings (SSSR count). The van der Waals surface area contributed by atoms with Crippen molar-refractivity contribution in [1.82, 2.24) is 0 Å². The molecule has 0 bridgehead atoms. The first-order valence-corrected chi connectivity index (χ1v) is 4.59. The molecule has 0 aromatic rings. The van der Waals surface area contributed by atoms with Crippen molar-refractivity contribution in [2.75, 3.05) is 13.7 Å². The fourth-order valence-electron chi connectivity index (χ4n) is 1.78. The van der Waals surface area contributed by atoms with Crippen LogP contribution < -0.4 is 0 Å². The lowest BCUT2D eigenvalue weighted by Gasteiger charge is -2.22. The minimum absolute atomic E-state index is 0.0659. The van der Waals surface area contributed by atoms with Gasteiger partial charge in [0.2, 0.25) is 0 Å². The van der Waals surface area contributed by atoms with E-state index in [1.807, 2.05) is 13.8 Å². The number of aliphatic hydroxyl groups is 2. The normalized spacial score (nSPS) is 42.2. The van der Waals surface area contributed by atoms with Crippen LogP contribution >= 0.6 is 0 Å². The first-order chi connectivity index (χ1) is 6.11. The monoisotopic (exact) mass is 190 g/mol. The van der Waals surface area contributed by atoms with Gasteiger partial charge in [-0.2, -0.15) is 0 Å². The predicted octanol–water partition coefficient (Wildman–Crippen LogP) is -0.222. The molecule has 13 heavy (non-hydrogen) atoms. The van der Waals surface area contributed by atoms with Crippen LogP contribution in [0.15, 0.2) is 0 Å². The zero-order chi connectivity index (χ0) is 10.0. The van der Waals surface area contributed by atoms with E-state index < -0.39 is 12.2 Å². The highest BCUT2D eigenvalue weighted by Crippen LogP contribution is 2.30. The smallest absolute Gasteiger partial charge is 0.112 e. The van der Waals surface area contributed by atoms with Crippen molar-refractivity contribution in [3.05, 3.63) is 0 Å². The van der Waals surface area contributed by atoms with Crippen molar-refractivity contribution < 1.29 is 19.7 Å². The minimum Gasteiger partial charge on any atom is -0.394 e. The Morgan fingerprint density at radius 3 is 2.54 bits per heavy atom. The van der Waals surface area contributed by atoms with Crippen LogP contribution in [0.1, 0.15) is 13.8 Å². The molecule has 1 heterocycles. The molecule has 1 fully saturated rings. The van der Waals surface area contributed by atoms with Crippen molar-refractivity contribution >= 4 is 0 Å². The quantitative estimate of drug-likeness (QED) is 0.646. The van der Waals surface area contributed by atoms with Crippen molar-refractivity contribution in [2.24, 2.45) is 5.92 Å². The predicted molar refractivity (Wildman–Crippen MR) is 47.4 cm³/mol. The van der Waals surface area contributed by atoms with E-state index in [1.165, 1.54) is 0 Å². The van der Waals surface area contributed by atoms with Gasteiger partial charge in [-0.15, -0.1) is 0 Å². The summed E-state index contributed by atoms with van der Waals surface area (Å²) in [6.45, 7) is 3.67. The first kappa shape index (κ1) is 10.9.